The number of hydrogen-bond acceptors (Lipinski definition) is 4. The number of pyridine rings is 1. The number of nitrogens with zero attached hydrogens (tertiary/aromatic N) is 1. The van der Waals surface area contributed by atoms with Crippen LogP contribution in [0.5, 0.6) is 0 Å². The van der Waals surface area contributed by atoms with Crippen LogP contribution >= 0.6 is 11.6 Å². The van der Waals surface area contributed by atoms with E-state index in [0.717, 1.165) is 0 Å². The van der Waals surface area contributed by atoms with Crippen LogP contribution in [0.1, 0.15) is 29.9 Å². The zero-order chi connectivity index (χ0) is 17.9. The molecule has 0 fully saturated rings. The van der Waals surface area contributed by atoms with Crippen LogP contribution in [0.15, 0.2) is 41.4 Å². The van der Waals surface area contributed by atoms with Gasteiger partial charge in [-0.1, -0.05) is 11.6 Å². The Balaban J connectivity index is 2.19. The molecule has 8 heteroatoms. The molecule has 0 aliphatic rings. The number of aryl methyl sites for hydroxylation is 1. The van der Waals surface area contributed by atoms with Crippen LogP contribution in [0.3, 0.4) is 0 Å². The fourth-order valence-corrected chi connectivity index (χ4v) is 3.41. The summed E-state index contributed by atoms with van der Waals surface area (Å²) in [5, 5.41) is 3.05. The highest BCUT2D eigenvalue weighted by Crippen LogP contribution is 2.24. The lowest BCUT2D eigenvalue weighted by atomic mass is 10.2. The van der Waals surface area contributed by atoms with Gasteiger partial charge in [-0.15, -0.1) is 0 Å². The van der Waals surface area contributed by atoms with Crippen molar-refractivity contribution in [3.63, 3.8) is 0 Å². The number of amides is 1. The number of benzene rings is 1. The van der Waals surface area contributed by atoms with Gasteiger partial charge in [-0.3, -0.25) is 9.78 Å². The topological polar surface area (TPSA) is 88.2 Å². The Morgan fingerprint density at radius 1 is 1.17 bits per heavy atom. The van der Waals surface area contributed by atoms with Gasteiger partial charge in [0.05, 0.1) is 21.3 Å². The van der Waals surface area contributed by atoms with Gasteiger partial charge in [0.2, 0.25) is 10.0 Å². The van der Waals surface area contributed by atoms with Crippen molar-refractivity contribution in [2.24, 2.45) is 0 Å². The number of hydrogen-bond donors (Lipinski definition) is 2. The van der Waals surface area contributed by atoms with Crippen LogP contribution in [0.4, 0.5) is 5.69 Å². The Morgan fingerprint density at radius 3 is 2.38 bits per heavy atom. The SMILES string of the molecule is Cc1nccc(NC(=O)c2ccc(S(=O)(=O)NC(C)C)cc2)c1Cl. The normalized spacial score (nSPS) is 11.5. The average Bonchev–Trinajstić information content (AvgIpc) is 2.50. The lowest BCUT2D eigenvalue weighted by Gasteiger charge is -2.11. The van der Waals surface area contributed by atoms with Gasteiger partial charge in [0.15, 0.2) is 0 Å². The predicted molar refractivity (Wildman–Crippen MR) is 93.8 cm³/mol. The molecule has 6 nitrogen and oxygen atoms in total. The summed E-state index contributed by atoms with van der Waals surface area (Å²) < 4.78 is 26.6. The Labute approximate surface area is 146 Å². The number of carbonyl (C=O) groups excluding carboxylic acids is 1. The minimum absolute atomic E-state index is 0.102. The standard InChI is InChI=1S/C16H18ClN3O3S/c1-10(2)20-24(22,23)13-6-4-12(5-7-13)16(21)19-14-8-9-18-11(3)15(14)17/h4-10,20H,1-3H3,(H,18,19,21). The second kappa shape index (κ2) is 7.29. The molecule has 2 aromatic rings. The summed E-state index contributed by atoms with van der Waals surface area (Å²) in [5.41, 5.74) is 1.38. The lowest BCUT2D eigenvalue weighted by Crippen LogP contribution is -2.30. The Morgan fingerprint density at radius 2 is 1.79 bits per heavy atom. The van der Waals surface area contributed by atoms with Crippen molar-refractivity contribution in [2.75, 3.05) is 5.32 Å². The smallest absolute Gasteiger partial charge is 0.255 e. The zero-order valence-electron chi connectivity index (χ0n) is 13.5. The third kappa shape index (κ3) is 4.31. The van der Waals surface area contributed by atoms with E-state index < -0.39 is 10.0 Å². The molecule has 1 aromatic heterocycles. The first-order valence-corrected chi connectivity index (χ1v) is 9.11. The largest absolute Gasteiger partial charge is 0.321 e. The fourth-order valence-electron chi connectivity index (χ4n) is 2.00. The zero-order valence-corrected chi connectivity index (χ0v) is 15.1. The van der Waals surface area contributed by atoms with E-state index >= 15 is 0 Å². The van der Waals surface area contributed by atoms with Crippen LogP contribution in [0.25, 0.3) is 0 Å². The maximum Gasteiger partial charge on any atom is 0.255 e. The molecule has 0 spiro atoms. The van der Waals surface area contributed by atoms with E-state index in [1.165, 1.54) is 24.3 Å². The minimum Gasteiger partial charge on any atom is -0.321 e. The van der Waals surface area contributed by atoms with Gasteiger partial charge in [0.1, 0.15) is 0 Å². The third-order valence-electron chi connectivity index (χ3n) is 3.13. The average molecular weight is 368 g/mol. The van der Waals surface area contributed by atoms with Crippen molar-refractivity contribution in [3.05, 3.63) is 52.8 Å². The minimum atomic E-state index is -3.58. The first-order valence-electron chi connectivity index (χ1n) is 7.25. The molecule has 0 unspecified atom stereocenters. The second-order valence-electron chi connectivity index (χ2n) is 5.51. The molecule has 0 atom stereocenters. The molecule has 0 aliphatic heterocycles. The molecular weight excluding hydrogens is 350 g/mol. The van der Waals surface area contributed by atoms with Crippen LogP contribution in [-0.2, 0) is 10.0 Å². The van der Waals surface area contributed by atoms with Crippen molar-refractivity contribution >= 4 is 33.2 Å². The van der Waals surface area contributed by atoms with Gasteiger partial charge in [-0.05, 0) is 51.1 Å². The molecular formula is C16H18ClN3O3S. The highest BCUT2D eigenvalue weighted by Gasteiger charge is 2.16. The van der Waals surface area contributed by atoms with Crippen molar-refractivity contribution in [1.29, 1.82) is 0 Å². The van der Waals surface area contributed by atoms with Crippen LogP contribution < -0.4 is 10.0 Å². The summed E-state index contributed by atoms with van der Waals surface area (Å²) in [5.74, 6) is -0.386. The fraction of sp³-hybridized carbons (Fsp3) is 0.250. The molecule has 0 aliphatic carbocycles. The molecule has 2 rings (SSSR count). The van der Waals surface area contributed by atoms with Gasteiger partial charge in [0.25, 0.3) is 5.91 Å². The van der Waals surface area contributed by atoms with Gasteiger partial charge >= 0.3 is 0 Å². The van der Waals surface area contributed by atoms with E-state index in [1.54, 1.807) is 33.0 Å². The van der Waals surface area contributed by atoms with Gasteiger partial charge in [0, 0.05) is 17.8 Å². The highest BCUT2D eigenvalue weighted by molar-refractivity contribution is 7.89. The van der Waals surface area contributed by atoms with Crippen molar-refractivity contribution in [3.8, 4) is 0 Å². The molecule has 1 aromatic carbocycles. The number of nitrogens with one attached hydrogen (secondary N) is 2. The lowest BCUT2D eigenvalue weighted by molar-refractivity contribution is 0.102. The maximum atomic E-state index is 12.3. The molecule has 1 heterocycles. The summed E-state index contributed by atoms with van der Waals surface area (Å²) in [6.45, 7) is 5.21. The summed E-state index contributed by atoms with van der Waals surface area (Å²) in [7, 11) is -3.58. The van der Waals surface area contributed by atoms with E-state index in [-0.39, 0.29) is 16.8 Å². The van der Waals surface area contributed by atoms with Crippen LogP contribution in [0.2, 0.25) is 5.02 Å². The number of carbonyl (C=O) groups is 1. The molecule has 24 heavy (non-hydrogen) atoms. The number of anilines is 1. The van der Waals surface area contributed by atoms with E-state index in [2.05, 4.69) is 15.0 Å². The van der Waals surface area contributed by atoms with Gasteiger partial charge in [-0.25, -0.2) is 13.1 Å². The Hall–Kier alpha value is -1.96. The quantitative estimate of drug-likeness (QED) is 0.850. The molecule has 0 radical (unpaired) electrons. The molecule has 1 amide bonds. The van der Waals surface area contributed by atoms with Gasteiger partial charge in [-0.2, -0.15) is 0 Å². The van der Waals surface area contributed by atoms with E-state index in [4.69, 9.17) is 11.6 Å². The summed E-state index contributed by atoms with van der Waals surface area (Å²) >= 11 is 6.09. The van der Waals surface area contributed by atoms with E-state index in [0.29, 0.717) is 22.0 Å². The van der Waals surface area contributed by atoms with Crippen molar-refractivity contribution in [1.82, 2.24) is 9.71 Å². The Bertz CT molecular complexity index is 849. The predicted octanol–water partition coefficient (Wildman–Crippen LogP) is 2.98. The van der Waals surface area contributed by atoms with Crippen LogP contribution in [-0.4, -0.2) is 25.4 Å². The molecule has 128 valence electrons. The molecule has 0 saturated carbocycles. The molecule has 0 bridgehead atoms. The monoisotopic (exact) mass is 367 g/mol. The molecule has 0 saturated heterocycles. The first-order chi connectivity index (χ1) is 11.2. The van der Waals surface area contributed by atoms with Crippen molar-refractivity contribution < 1.29 is 13.2 Å². The summed E-state index contributed by atoms with van der Waals surface area (Å²) in [6, 6.07) is 7.06. The number of sulfonamides is 1. The number of rotatable bonds is 5. The third-order valence-corrected chi connectivity index (χ3v) is 5.28. The van der Waals surface area contributed by atoms with Crippen molar-refractivity contribution in [2.45, 2.75) is 31.7 Å². The second-order valence-corrected chi connectivity index (χ2v) is 7.60. The van der Waals surface area contributed by atoms with E-state index in [9.17, 15) is 13.2 Å². The number of aromatic nitrogens is 1. The van der Waals surface area contributed by atoms with E-state index in [1.807, 2.05) is 0 Å². The molecule has 2 N–H and O–H groups in total. The Kier molecular flexibility index (Phi) is 5.58. The van der Waals surface area contributed by atoms with Gasteiger partial charge < -0.3 is 5.32 Å². The first kappa shape index (κ1) is 18.4. The maximum absolute atomic E-state index is 12.3. The summed E-state index contributed by atoms with van der Waals surface area (Å²) in [6.07, 6.45) is 1.55. The number of halogens is 1. The highest BCUT2D eigenvalue weighted by atomic mass is 35.5. The van der Waals surface area contributed by atoms with Crippen LogP contribution in [0, 0.1) is 6.92 Å². The summed E-state index contributed by atoms with van der Waals surface area (Å²) in [4.78, 5) is 16.4.